The molecule has 0 atom stereocenters. The molecule has 0 radical (unpaired) electrons. The Morgan fingerprint density at radius 2 is 1.83 bits per heavy atom. The Kier molecular flexibility index (Phi) is 6.71. The number of hydrogen-bond acceptors (Lipinski definition) is 7. The number of benzene rings is 1. The van der Waals surface area contributed by atoms with E-state index >= 15 is 0 Å². The van der Waals surface area contributed by atoms with Gasteiger partial charge in [-0.25, -0.2) is 4.98 Å². The summed E-state index contributed by atoms with van der Waals surface area (Å²) in [6, 6.07) is 8.03. The van der Waals surface area contributed by atoms with E-state index in [-0.39, 0.29) is 11.8 Å². The van der Waals surface area contributed by atoms with Crippen LogP contribution in [0.3, 0.4) is 0 Å². The van der Waals surface area contributed by atoms with Crippen molar-refractivity contribution in [2.75, 3.05) is 64.1 Å². The van der Waals surface area contributed by atoms with E-state index in [2.05, 4.69) is 32.2 Å². The van der Waals surface area contributed by atoms with Gasteiger partial charge in [0.2, 0.25) is 5.91 Å². The summed E-state index contributed by atoms with van der Waals surface area (Å²) in [5.74, 6) is 0.632. The van der Waals surface area contributed by atoms with Crippen molar-refractivity contribution in [2.45, 2.75) is 6.92 Å². The minimum atomic E-state index is -0.111. The van der Waals surface area contributed by atoms with E-state index in [9.17, 15) is 9.59 Å². The van der Waals surface area contributed by atoms with Gasteiger partial charge in [0.1, 0.15) is 10.6 Å². The molecule has 1 fully saturated rings. The standard InChI is InChI=1S/C20H27N5O3S/c1-14-18(19(27)23(2)3)29-20(21-14)22-17(26)13-24-9-11-25(12-10-24)15-5-7-16(28-4)8-6-15/h5-8H,9-13H2,1-4H3,(H,21,22,26). The summed E-state index contributed by atoms with van der Waals surface area (Å²) in [7, 11) is 5.06. The van der Waals surface area contributed by atoms with Crippen LogP contribution in [0.1, 0.15) is 15.4 Å². The number of hydrogen-bond donors (Lipinski definition) is 1. The molecule has 0 spiro atoms. The zero-order valence-electron chi connectivity index (χ0n) is 17.3. The van der Waals surface area contributed by atoms with Crippen LogP contribution in [0.25, 0.3) is 0 Å². The molecule has 0 saturated carbocycles. The Bertz CT molecular complexity index is 858. The second-order valence-electron chi connectivity index (χ2n) is 7.14. The van der Waals surface area contributed by atoms with Crippen molar-refractivity contribution in [1.82, 2.24) is 14.8 Å². The molecule has 156 valence electrons. The van der Waals surface area contributed by atoms with Gasteiger partial charge in [0, 0.05) is 46.0 Å². The maximum atomic E-state index is 12.4. The van der Waals surface area contributed by atoms with Crippen LogP contribution in [0.4, 0.5) is 10.8 Å². The van der Waals surface area contributed by atoms with Crippen molar-refractivity contribution in [2.24, 2.45) is 0 Å². The fourth-order valence-corrected chi connectivity index (χ4v) is 4.17. The van der Waals surface area contributed by atoms with Gasteiger partial charge < -0.3 is 19.9 Å². The average molecular weight is 418 g/mol. The number of aromatic nitrogens is 1. The highest BCUT2D eigenvalue weighted by molar-refractivity contribution is 7.17. The molecule has 0 aliphatic carbocycles. The minimum absolute atomic E-state index is 0.102. The van der Waals surface area contributed by atoms with Crippen molar-refractivity contribution in [1.29, 1.82) is 0 Å². The fourth-order valence-electron chi connectivity index (χ4n) is 3.17. The summed E-state index contributed by atoms with van der Waals surface area (Å²) in [5.41, 5.74) is 1.79. The molecular weight excluding hydrogens is 390 g/mol. The second-order valence-corrected chi connectivity index (χ2v) is 8.14. The topological polar surface area (TPSA) is 78.0 Å². The van der Waals surface area contributed by atoms with Crippen LogP contribution in [0.2, 0.25) is 0 Å². The predicted octanol–water partition coefficient (Wildman–Crippen LogP) is 1.92. The normalized spacial score (nSPS) is 14.6. The van der Waals surface area contributed by atoms with Crippen molar-refractivity contribution in [3.63, 3.8) is 0 Å². The maximum Gasteiger partial charge on any atom is 0.265 e. The lowest BCUT2D eigenvalue weighted by Crippen LogP contribution is -2.48. The summed E-state index contributed by atoms with van der Waals surface area (Å²) in [4.78, 5) is 35.4. The third-order valence-corrected chi connectivity index (χ3v) is 5.88. The molecule has 9 heteroatoms. The number of carbonyl (C=O) groups excluding carboxylic acids is 2. The van der Waals surface area contributed by atoms with Crippen molar-refractivity contribution in [3.8, 4) is 5.75 Å². The first kappa shape index (κ1) is 21.1. The highest BCUT2D eigenvalue weighted by atomic mass is 32.1. The lowest BCUT2D eigenvalue weighted by atomic mass is 10.2. The molecule has 0 unspecified atom stereocenters. The van der Waals surface area contributed by atoms with Gasteiger partial charge in [-0.2, -0.15) is 0 Å². The molecule has 1 N–H and O–H groups in total. The minimum Gasteiger partial charge on any atom is -0.497 e. The van der Waals surface area contributed by atoms with Gasteiger partial charge >= 0.3 is 0 Å². The predicted molar refractivity (Wildman–Crippen MR) is 115 cm³/mol. The molecule has 1 saturated heterocycles. The summed E-state index contributed by atoms with van der Waals surface area (Å²) in [6.45, 7) is 5.42. The van der Waals surface area contributed by atoms with Crippen molar-refractivity contribution in [3.05, 3.63) is 34.8 Å². The smallest absolute Gasteiger partial charge is 0.265 e. The SMILES string of the molecule is COc1ccc(N2CCN(CC(=O)Nc3nc(C)c(C(=O)N(C)C)s3)CC2)cc1. The third-order valence-electron chi connectivity index (χ3n) is 4.82. The first-order chi connectivity index (χ1) is 13.9. The molecule has 1 aliphatic rings. The summed E-state index contributed by atoms with van der Waals surface area (Å²) in [5, 5.41) is 3.30. The van der Waals surface area contributed by atoms with Gasteiger partial charge in [-0.15, -0.1) is 0 Å². The van der Waals surface area contributed by atoms with Gasteiger partial charge in [-0.3, -0.25) is 14.5 Å². The number of anilines is 2. The van der Waals surface area contributed by atoms with Gasteiger partial charge in [-0.1, -0.05) is 11.3 Å². The third kappa shape index (κ3) is 5.24. The molecule has 8 nitrogen and oxygen atoms in total. The number of ether oxygens (including phenoxy) is 1. The summed E-state index contributed by atoms with van der Waals surface area (Å²) in [6.07, 6.45) is 0. The number of thiazole rings is 1. The van der Waals surface area contributed by atoms with Gasteiger partial charge in [0.25, 0.3) is 5.91 Å². The fraction of sp³-hybridized carbons (Fsp3) is 0.450. The van der Waals surface area contributed by atoms with E-state index in [1.54, 1.807) is 28.1 Å². The van der Waals surface area contributed by atoms with E-state index in [4.69, 9.17) is 4.74 Å². The van der Waals surface area contributed by atoms with Crippen molar-refractivity contribution >= 4 is 34.0 Å². The molecule has 1 aliphatic heterocycles. The van der Waals surface area contributed by atoms with E-state index < -0.39 is 0 Å². The van der Waals surface area contributed by atoms with Gasteiger partial charge in [-0.05, 0) is 31.2 Å². The number of amides is 2. The Balaban J connectivity index is 1.49. The number of aryl methyl sites for hydroxylation is 1. The molecule has 29 heavy (non-hydrogen) atoms. The molecule has 3 rings (SSSR count). The van der Waals surface area contributed by atoms with Crippen LogP contribution in [0.5, 0.6) is 5.75 Å². The molecule has 0 bridgehead atoms. The number of nitrogens with one attached hydrogen (secondary N) is 1. The van der Waals surface area contributed by atoms with Crippen LogP contribution in [-0.4, -0.2) is 80.5 Å². The largest absolute Gasteiger partial charge is 0.497 e. The summed E-state index contributed by atoms with van der Waals surface area (Å²) >= 11 is 1.22. The maximum absolute atomic E-state index is 12.4. The lowest BCUT2D eigenvalue weighted by molar-refractivity contribution is -0.117. The number of piperazine rings is 1. The number of nitrogens with zero attached hydrogens (tertiary/aromatic N) is 4. The van der Waals surface area contributed by atoms with E-state index in [0.717, 1.165) is 37.6 Å². The second kappa shape index (κ2) is 9.23. The Morgan fingerprint density at radius 3 is 2.41 bits per heavy atom. The van der Waals surface area contributed by atoms with Crippen LogP contribution in [-0.2, 0) is 4.79 Å². The highest BCUT2D eigenvalue weighted by Gasteiger charge is 2.21. The Hall–Kier alpha value is -2.65. The van der Waals surface area contributed by atoms with Crippen LogP contribution < -0.4 is 15.0 Å². The Morgan fingerprint density at radius 1 is 1.17 bits per heavy atom. The van der Waals surface area contributed by atoms with Gasteiger partial charge in [0.05, 0.1) is 19.3 Å². The molecule has 2 amide bonds. The summed E-state index contributed by atoms with van der Waals surface area (Å²) < 4.78 is 5.20. The van der Waals surface area contributed by atoms with Crippen LogP contribution >= 0.6 is 11.3 Å². The van der Waals surface area contributed by atoms with E-state index in [1.165, 1.54) is 16.2 Å². The first-order valence-corrected chi connectivity index (χ1v) is 10.3. The van der Waals surface area contributed by atoms with Crippen LogP contribution in [0.15, 0.2) is 24.3 Å². The quantitative estimate of drug-likeness (QED) is 0.774. The molecule has 1 aromatic carbocycles. The monoisotopic (exact) mass is 417 g/mol. The number of methoxy groups -OCH3 is 1. The highest BCUT2D eigenvalue weighted by Crippen LogP contribution is 2.24. The Labute approximate surface area is 175 Å². The zero-order valence-corrected chi connectivity index (χ0v) is 18.1. The number of carbonyl (C=O) groups is 2. The van der Waals surface area contributed by atoms with Gasteiger partial charge in [0.15, 0.2) is 5.13 Å². The van der Waals surface area contributed by atoms with Crippen LogP contribution in [0, 0.1) is 6.92 Å². The molecule has 2 heterocycles. The van der Waals surface area contributed by atoms with E-state index in [1.807, 2.05) is 12.1 Å². The first-order valence-electron chi connectivity index (χ1n) is 9.47. The molecule has 2 aromatic rings. The molecular formula is C20H27N5O3S. The molecule has 1 aromatic heterocycles. The number of rotatable bonds is 6. The zero-order chi connectivity index (χ0) is 21.0. The lowest BCUT2D eigenvalue weighted by Gasteiger charge is -2.35. The van der Waals surface area contributed by atoms with E-state index in [0.29, 0.717) is 22.2 Å². The van der Waals surface area contributed by atoms with Crippen molar-refractivity contribution < 1.29 is 14.3 Å². The average Bonchev–Trinajstić information content (AvgIpc) is 3.07.